The van der Waals surface area contributed by atoms with Gasteiger partial charge in [0.2, 0.25) is 17.6 Å². The predicted molar refractivity (Wildman–Crippen MR) is 140 cm³/mol. The lowest BCUT2D eigenvalue weighted by atomic mass is 9.92. The number of benzene rings is 1. The number of likely N-dealkylation sites (tertiary alicyclic amines) is 1. The Bertz CT molecular complexity index is 1230. The number of Topliss-reactive ketones (excluding diaryl/α,β-unsaturated/α-hetero) is 1. The zero-order chi connectivity index (χ0) is 27.0. The van der Waals surface area contributed by atoms with Crippen molar-refractivity contribution in [2.24, 2.45) is 17.8 Å². The smallest absolute Gasteiger partial charge is 0.289 e. The van der Waals surface area contributed by atoms with E-state index in [1.54, 1.807) is 24.8 Å². The lowest BCUT2D eigenvalue weighted by Gasteiger charge is -2.29. The maximum atomic E-state index is 13.8. The van der Waals surface area contributed by atoms with Gasteiger partial charge in [-0.1, -0.05) is 18.2 Å². The van der Waals surface area contributed by atoms with Crippen LogP contribution in [0.15, 0.2) is 30.3 Å². The fourth-order valence-electron chi connectivity index (χ4n) is 5.88. The first-order valence-corrected chi connectivity index (χ1v) is 13.5. The lowest BCUT2D eigenvalue weighted by molar-refractivity contribution is -0.141. The van der Waals surface area contributed by atoms with E-state index in [4.69, 9.17) is 0 Å². The molecular formula is C28H35N5O5. The molecule has 4 unspecified atom stereocenters. The topological polar surface area (TPSA) is 140 Å². The van der Waals surface area contributed by atoms with Crippen LogP contribution in [0.1, 0.15) is 56.4 Å². The number of aromatic nitrogens is 1. The van der Waals surface area contributed by atoms with E-state index in [-0.39, 0.29) is 30.2 Å². The number of rotatable bonds is 9. The highest BCUT2D eigenvalue weighted by molar-refractivity contribution is 6.38. The second kappa shape index (κ2) is 10.6. The van der Waals surface area contributed by atoms with Crippen LogP contribution in [0.3, 0.4) is 0 Å². The van der Waals surface area contributed by atoms with E-state index in [9.17, 15) is 24.0 Å². The Hall–Kier alpha value is -3.69. The number of carbonyl (C=O) groups excluding carboxylic acids is 5. The van der Waals surface area contributed by atoms with Crippen LogP contribution in [0.25, 0.3) is 10.9 Å². The molecule has 2 aliphatic heterocycles. The van der Waals surface area contributed by atoms with Crippen molar-refractivity contribution in [2.75, 3.05) is 13.1 Å². The molecule has 4 N–H and O–H groups in total. The zero-order valence-corrected chi connectivity index (χ0v) is 21.8. The molecule has 2 aromatic rings. The third-order valence-electron chi connectivity index (χ3n) is 7.92. The Labute approximate surface area is 221 Å². The van der Waals surface area contributed by atoms with Crippen LogP contribution in [0.5, 0.6) is 0 Å². The van der Waals surface area contributed by atoms with Gasteiger partial charge in [0.1, 0.15) is 11.7 Å². The standard InChI is InChI=1S/C28H35N5O5/c1-15(2)30-27(37)24(34)21(14-18-9-11-29-25(18)35)32-26(36)23-19(16-7-8-16)10-12-33(23)28(38)22-13-17-5-3-4-6-20(17)31-22/h3-6,13,15-16,18-19,21,23,31H,7-12,14H2,1-2H3,(H,29,35)(H,30,37)(H,32,36). The summed E-state index contributed by atoms with van der Waals surface area (Å²) in [7, 11) is 0. The fraction of sp³-hybridized carbons (Fsp3) is 0.536. The van der Waals surface area contributed by atoms with E-state index in [2.05, 4.69) is 20.9 Å². The van der Waals surface area contributed by atoms with E-state index in [1.165, 1.54) is 0 Å². The number of para-hydroxylation sites is 1. The van der Waals surface area contributed by atoms with Crippen LogP contribution < -0.4 is 16.0 Å². The Morgan fingerprint density at radius 3 is 2.47 bits per heavy atom. The molecule has 10 nitrogen and oxygen atoms in total. The van der Waals surface area contributed by atoms with E-state index < -0.39 is 35.6 Å². The van der Waals surface area contributed by atoms with Gasteiger partial charge in [0.05, 0.1) is 6.04 Å². The number of amides is 4. The van der Waals surface area contributed by atoms with Gasteiger partial charge >= 0.3 is 0 Å². The Morgan fingerprint density at radius 2 is 1.82 bits per heavy atom. The van der Waals surface area contributed by atoms with Crippen molar-refractivity contribution in [3.05, 3.63) is 36.0 Å². The highest BCUT2D eigenvalue weighted by Crippen LogP contribution is 2.45. The summed E-state index contributed by atoms with van der Waals surface area (Å²) in [6.45, 7) is 4.42. The largest absolute Gasteiger partial charge is 0.356 e. The first-order valence-electron chi connectivity index (χ1n) is 13.5. The van der Waals surface area contributed by atoms with Crippen LogP contribution in [0, 0.1) is 17.8 Å². The van der Waals surface area contributed by atoms with E-state index in [0.717, 1.165) is 23.7 Å². The Balaban J connectivity index is 1.38. The van der Waals surface area contributed by atoms with Gasteiger partial charge in [-0.05, 0) is 69.9 Å². The van der Waals surface area contributed by atoms with Crippen LogP contribution in [-0.4, -0.2) is 70.5 Å². The van der Waals surface area contributed by atoms with Gasteiger partial charge in [-0.2, -0.15) is 0 Å². The summed E-state index contributed by atoms with van der Waals surface area (Å²) in [5.41, 5.74) is 1.25. The van der Waals surface area contributed by atoms with Gasteiger partial charge < -0.3 is 25.8 Å². The first-order chi connectivity index (χ1) is 18.2. The first kappa shape index (κ1) is 25.9. The molecule has 1 aromatic heterocycles. The molecule has 0 spiro atoms. The third-order valence-corrected chi connectivity index (χ3v) is 7.92. The maximum absolute atomic E-state index is 13.8. The van der Waals surface area contributed by atoms with Crippen LogP contribution in [0.2, 0.25) is 0 Å². The minimum Gasteiger partial charge on any atom is -0.356 e. The van der Waals surface area contributed by atoms with Crippen molar-refractivity contribution in [2.45, 2.75) is 64.1 Å². The molecule has 0 bridgehead atoms. The number of H-pyrrole nitrogens is 1. The summed E-state index contributed by atoms with van der Waals surface area (Å²) in [4.78, 5) is 70.2. The molecule has 1 aromatic carbocycles. The molecule has 202 valence electrons. The maximum Gasteiger partial charge on any atom is 0.289 e. The van der Waals surface area contributed by atoms with Crippen LogP contribution in [-0.2, 0) is 19.2 Å². The molecule has 3 fully saturated rings. The Morgan fingerprint density at radius 1 is 1.05 bits per heavy atom. The number of hydrogen-bond donors (Lipinski definition) is 4. The summed E-state index contributed by atoms with van der Waals surface area (Å²) in [5.74, 6) is -2.60. The van der Waals surface area contributed by atoms with Gasteiger partial charge in [0.25, 0.3) is 11.8 Å². The molecule has 38 heavy (non-hydrogen) atoms. The molecule has 0 radical (unpaired) electrons. The number of fused-ring (bicyclic) bond motifs is 1. The van der Waals surface area contributed by atoms with Gasteiger partial charge in [-0.3, -0.25) is 24.0 Å². The number of ketones is 1. The minimum atomic E-state index is -1.15. The average molecular weight is 522 g/mol. The van der Waals surface area contributed by atoms with Crippen molar-refractivity contribution >= 4 is 40.3 Å². The number of aromatic amines is 1. The summed E-state index contributed by atoms with van der Waals surface area (Å²) in [6, 6.07) is 7.24. The summed E-state index contributed by atoms with van der Waals surface area (Å²) in [5, 5.41) is 9.05. The monoisotopic (exact) mass is 521 g/mol. The number of carbonyl (C=O) groups is 5. The van der Waals surface area contributed by atoms with E-state index >= 15 is 0 Å². The highest BCUT2D eigenvalue weighted by Gasteiger charge is 2.49. The molecule has 5 rings (SSSR count). The normalized spacial score (nSPS) is 23.9. The van der Waals surface area contributed by atoms with Crippen molar-refractivity contribution in [1.29, 1.82) is 0 Å². The fourth-order valence-corrected chi connectivity index (χ4v) is 5.88. The highest BCUT2D eigenvalue weighted by atomic mass is 16.2. The molecule has 1 aliphatic carbocycles. The molecule has 4 amide bonds. The molecular weight excluding hydrogens is 486 g/mol. The number of nitrogens with one attached hydrogen (secondary N) is 4. The van der Waals surface area contributed by atoms with Gasteiger partial charge in [-0.15, -0.1) is 0 Å². The van der Waals surface area contributed by atoms with Gasteiger partial charge in [0, 0.05) is 36.0 Å². The molecule has 2 saturated heterocycles. The zero-order valence-electron chi connectivity index (χ0n) is 21.8. The lowest BCUT2D eigenvalue weighted by Crippen LogP contribution is -2.56. The van der Waals surface area contributed by atoms with Crippen molar-refractivity contribution < 1.29 is 24.0 Å². The van der Waals surface area contributed by atoms with Crippen molar-refractivity contribution in [1.82, 2.24) is 25.8 Å². The van der Waals surface area contributed by atoms with E-state index in [0.29, 0.717) is 37.5 Å². The molecule has 1 saturated carbocycles. The molecule has 4 atom stereocenters. The molecule has 3 heterocycles. The quantitative estimate of drug-likeness (QED) is 0.370. The SMILES string of the molecule is CC(C)NC(=O)C(=O)C(CC1CCNC1=O)NC(=O)C1C(C2CC2)CCN1C(=O)c1cc2ccccc2[nH]1. The van der Waals surface area contributed by atoms with Gasteiger partial charge in [0.15, 0.2) is 0 Å². The van der Waals surface area contributed by atoms with Crippen molar-refractivity contribution in [3.8, 4) is 0 Å². The third kappa shape index (κ3) is 5.30. The van der Waals surface area contributed by atoms with Gasteiger partial charge in [-0.25, -0.2) is 0 Å². The average Bonchev–Trinajstić information content (AvgIpc) is 3.29. The number of hydrogen-bond acceptors (Lipinski definition) is 5. The van der Waals surface area contributed by atoms with Crippen molar-refractivity contribution in [3.63, 3.8) is 0 Å². The molecule has 3 aliphatic rings. The van der Waals surface area contributed by atoms with E-state index in [1.807, 2.05) is 24.3 Å². The summed E-state index contributed by atoms with van der Waals surface area (Å²) < 4.78 is 0. The number of nitrogens with zero attached hydrogens (tertiary/aromatic N) is 1. The predicted octanol–water partition coefficient (Wildman–Crippen LogP) is 1.51. The van der Waals surface area contributed by atoms with Crippen LogP contribution in [0.4, 0.5) is 0 Å². The summed E-state index contributed by atoms with van der Waals surface area (Å²) in [6.07, 6.45) is 3.28. The molecule has 10 heteroatoms. The second-order valence-corrected chi connectivity index (χ2v) is 11.1. The minimum absolute atomic E-state index is 0.0154. The Kier molecular flexibility index (Phi) is 7.23. The second-order valence-electron chi connectivity index (χ2n) is 11.1. The van der Waals surface area contributed by atoms with Crippen LogP contribution >= 0.6 is 0 Å². The summed E-state index contributed by atoms with van der Waals surface area (Å²) >= 11 is 0.